The van der Waals surface area contributed by atoms with Crippen molar-refractivity contribution in [2.75, 3.05) is 12.9 Å². The predicted octanol–water partition coefficient (Wildman–Crippen LogP) is 4.26. The van der Waals surface area contributed by atoms with E-state index >= 15 is 0 Å². The Labute approximate surface area is 196 Å². The number of thioether (sulfide) groups is 1. The number of benzene rings is 1. The molecule has 4 aromatic rings. The van der Waals surface area contributed by atoms with E-state index in [1.165, 1.54) is 11.8 Å². The summed E-state index contributed by atoms with van der Waals surface area (Å²) in [6, 6.07) is 15.5. The molecule has 32 heavy (non-hydrogen) atoms. The van der Waals surface area contributed by atoms with Crippen LogP contribution in [0.5, 0.6) is 5.75 Å². The molecule has 1 atom stereocenters. The number of aromatic nitrogens is 4. The normalized spacial score (nSPS) is 15.7. The maximum Gasteiger partial charge on any atom is 0.253 e. The van der Waals surface area contributed by atoms with E-state index in [4.69, 9.17) is 9.84 Å². The van der Waals surface area contributed by atoms with Crippen molar-refractivity contribution in [3.05, 3.63) is 69.0 Å². The molecule has 11 heteroatoms. The maximum absolute atomic E-state index is 13.2. The zero-order valence-corrected chi connectivity index (χ0v) is 19.4. The molecule has 8 nitrogen and oxygen atoms in total. The molecule has 0 N–H and O–H groups in total. The molecule has 0 aliphatic carbocycles. The Morgan fingerprint density at radius 2 is 2.00 bits per heavy atom. The Balaban J connectivity index is 1.36. The van der Waals surface area contributed by atoms with Gasteiger partial charge in [-0.3, -0.25) is 4.79 Å². The molecular weight excluding hydrogens is 464 g/mol. The number of para-hydroxylation sites is 2. The van der Waals surface area contributed by atoms with Crippen LogP contribution >= 0.6 is 34.4 Å². The second-order valence-electron chi connectivity index (χ2n) is 6.83. The summed E-state index contributed by atoms with van der Waals surface area (Å²) in [5.41, 5.74) is 1.65. The summed E-state index contributed by atoms with van der Waals surface area (Å²) < 4.78 is 7.00. The molecule has 0 unspecified atom stereocenters. The largest absolute Gasteiger partial charge is 0.494 e. The Bertz CT molecular complexity index is 1240. The molecule has 1 aliphatic rings. The van der Waals surface area contributed by atoms with E-state index in [2.05, 4.69) is 21.6 Å². The number of hydrogen-bond donors (Lipinski definition) is 0. The zero-order valence-electron chi connectivity index (χ0n) is 17.0. The first-order chi connectivity index (χ1) is 15.7. The molecule has 1 aliphatic heterocycles. The highest BCUT2D eigenvalue weighted by molar-refractivity contribution is 7.99. The van der Waals surface area contributed by atoms with Crippen LogP contribution in [-0.2, 0) is 4.79 Å². The van der Waals surface area contributed by atoms with E-state index in [-0.39, 0.29) is 17.7 Å². The van der Waals surface area contributed by atoms with Crippen LogP contribution < -0.4 is 4.74 Å². The lowest BCUT2D eigenvalue weighted by Gasteiger charge is -2.20. The summed E-state index contributed by atoms with van der Waals surface area (Å²) in [4.78, 5) is 15.5. The molecular formula is C21H18N6O2S3. The molecule has 162 valence electrons. The summed E-state index contributed by atoms with van der Waals surface area (Å²) in [6.45, 7) is 0. The predicted molar refractivity (Wildman–Crippen MR) is 126 cm³/mol. The molecule has 0 saturated heterocycles. The summed E-state index contributed by atoms with van der Waals surface area (Å²) in [7, 11) is 1.60. The van der Waals surface area contributed by atoms with Gasteiger partial charge in [-0.05, 0) is 45.5 Å². The average molecular weight is 483 g/mol. The van der Waals surface area contributed by atoms with Gasteiger partial charge in [-0.2, -0.15) is 9.78 Å². The van der Waals surface area contributed by atoms with Crippen LogP contribution in [0.4, 0.5) is 0 Å². The van der Waals surface area contributed by atoms with Crippen molar-refractivity contribution in [1.82, 2.24) is 25.2 Å². The van der Waals surface area contributed by atoms with E-state index in [0.29, 0.717) is 23.0 Å². The van der Waals surface area contributed by atoms with E-state index in [1.807, 2.05) is 53.2 Å². The number of hydrogen-bond acceptors (Lipinski definition) is 9. The number of tetrazole rings is 1. The molecule has 3 aromatic heterocycles. The van der Waals surface area contributed by atoms with E-state index in [9.17, 15) is 4.79 Å². The van der Waals surface area contributed by atoms with Gasteiger partial charge in [0, 0.05) is 11.3 Å². The summed E-state index contributed by atoms with van der Waals surface area (Å²) in [6.07, 6.45) is 0.705. The van der Waals surface area contributed by atoms with Gasteiger partial charge in [0.2, 0.25) is 5.16 Å². The fourth-order valence-electron chi connectivity index (χ4n) is 3.45. The van der Waals surface area contributed by atoms with Crippen LogP contribution in [0.15, 0.2) is 69.5 Å². The Morgan fingerprint density at radius 1 is 1.16 bits per heavy atom. The number of thiophene rings is 2. The third kappa shape index (κ3) is 4.06. The first-order valence-electron chi connectivity index (χ1n) is 9.76. The van der Waals surface area contributed by atoms with Gasteiger partial charge in [0.25, 0.3) is 5.91 Å². The van der Waals surface area contributed by atoms with Crippen molar-refractivity contribution >= 4 is 46.1 Å². The average Bonchev–Trinajstić information content (AvgIpc) is 3.63. The fourth-order valence-corrected chi connectivity index (χ4v) is 5.72. The van der Waals surface area contributed by atoms with Crippen LogP contribution in [0.3, 0.4) is 0 Å². The van der Waals surface area contributed by atoms with Gasteiger partial charge in [-0.15, -0.1) is 27.8 Å². The van der Waals surface area contributed by atoms with Crippen LogP contribution in [0.2, 0.25) is 0 Å². The van der Waals surface area contributed by atoms with Gasteiger partial charge in [-0.25, -0.2) is 5.01 Å². The van der Waals surface area contributed by atoms with Crippen molar-refractivity contribution in [2.45, 2.75) is 17.6 Å². The van der Waals surface area contributed by atoms with Crippen LogP contribution in [0, 0.1) is 0 Å². The molecule has 4 heterocycles. The number of hydrazone groups is 1. The topological polar surface area (TPSA) is 85.5 Å². The van der Waals surface area contributed by atoms with Crippen molar-refractivity contribution in [1.29, 1.82) is 0 Å². The standard InChI is InChI=1S/C21H18N6O2S3/c1-29-17-7-3-2-6-15(17)27-21(22-24-25-27)32-13-20(28)26-16(19-9-5-11-31-19)12-14(23-26)18-8-4-10-30-18/h2-11,16H,12-13H2,1H3/t16-/m0/s1. The lowest BCUT2D eigenvalue weighted by atomic mass is 10.1. The molecule has 0 fully saturated rings. The van der Waals surface area contributed by atoms with Gasteiger partial charge in [0.15, 0.2) is 0 Å². The molecule has 0 spiro atoms. The number of carbonyl (C=O) groups is 1. The minimum absolute atomic E-state index is 0.0884. The number of rotatable bonds is 7. The third-order valence-electron chi connectivity index (χ3n) is 4.92. The fraction of sp³-hybridized carbons (Fsp3) is 0.190. The Morgan fingerprint density at radius 3 is 2.78 bits per heavy atom. The first kappa shape index (κ1) is 20.9. The lowest BCUT2D eigenvalue weighted by molar-refractivity contribution is -0.130. The first-order valence-corrected chi connectivity index (χ1v) is 12.5. The molecule has 0 bridgehead atoms. The Hall–Kier alpha value is -3.02. The number of amides is 1. The minimum Gasteiger partial charge on any atom is -0.494 e. The molecule has 5 rings (SSSR count). The number of carbonyl (C=O) groups excluding carboxylic acids is 1. The number of ether oxygens (including phenoxy) is 1. The van der Waals surface area contributed by atoms with Gasteiger partial charge >= 0.3 is 0 Å². The molecule has 0 saturated carbocycles. The van der Waals surface area contributed by atoms with Gasteiger partial charge in [0.05, 0.1) is 29.5 Å². The monoisotopic (exact) mass is 482 g/mol. The van der Waals surface area contributed by atoms with Crippen LogP contribution in [0.25, 0.3) is 5.69 Å². The number of methoxy groups -OCH3 is 1. The van der Waals surface area contributed by atoms with E-state index in [0.717, 1.165) is 15.5 Å². The van der Waals surface area contributed by atoms with Crippen molar-refractivity contribution in [2.24, 2.45) is 5.10 Å². The van der Waals surface area contributed by atoms with Crippen molar-refractivity contribution in [3.8, 4) is 11.4 Å². The van der Waals surface area contributed by atoms with Crippen LogP contribution in [0.1, 0.15) is 22.2 Å². The zero-order chi connectivity index (χ0) is 21.9. The SMILES string of the molecule is COc1ccccc1-n1nnnc1SCC(=O)N1N=C(c2cccs2)C[C@H]1c1cccs1. The van der Waals surface area contributed by atoms with Crippen molar-refractivity contribution in [3.63, 3.8) is 0 Å². The smallest absolute Gasteiger partial charge is 0.253 e. The van der Waals surface area contributed by atoms with Gasteiger partial charge in [-0.1, -0.05) is 36.0 Å². The molecule has 0 radical (unpaired) electrons. The number of nitrogens with zero attached hydrogens (tertiary/aromatic N) is 6. The molecule has 1 amide bonds. The Kier molecular flexibility index (Phi) is 6.02. The van der Waals surface area contributed by atoms with Crippen molar-refractivity contribution < 1.29 is 9.53 Å². The van der Waals surface area contributed by atoms with Gasteiger partial charge in [0.1, 0.15) is 11.4 Å². The van der Waals surface area contributed by atoms with Gasteiger partial charge < -0.3 is 4.74 Å². The van der Waals surface area contributed by atoms with Crippen LogP contribution in [-0.4, -0.2) is 49.7 Å². The summed E-state index contributed by atoms with van der Waals surface area (Å²) in [5.74, 6) is 0.725. The summed E-state index contributed by atoms with van der Waals surface area (Å²) in [5, 5.41) is 22.8. The highest BCUT2D eigenvalue weighted by Crippen LogP contribution is 2.36. The lowest BCUT2D eigenvalue weighted by Crippen LogP contribution is -2.28. The molecule has 1 aromatic carbocycles. The maximum atomic E-state index is 13.2. The minimum atomic E-state index is -0.0922. The highest BCUT2D eigenvalue weighted by Gasteiger charge is 2.34. The third-order valence-corrected chi connectivity index (χ3v) is 7.72. The van der Waals surface area contributed by atoms with E-state index in [1.54, 1.807) is 39.5 Å². The summed E-state index contributed by atoms with van der Waals surface area (Å²) >= 11 is 4.55. The second kappa shape index (κ2) is 9.23. The highest BCUT2D eigenvalue weighted by atomic mass is 32.2. The quantitative estimate of drug-likeness (QED) is 0.366. The van der Waals surface area contributed by atoms with E-state index < -0.39 is 0 Å². The second-order valence-corrected chi connectivity index (χ2v) is 9.70.